The van der Waals surface area contributed by atoms with Gasteiger partial charge < -0.3 is 4.74 Å². The van der Waals surface area contributed by atoms with Crippen LogP contribution in [0, 0.1) is 16.7 Å². The van der Waals surface area contributed by atoms with Gasteiger partial charge in [-0.1, -0.05) is 6.08 Å². The third-order valence-electron chi connectivity index (χ3n) is 3.25. The molecule has 2 rings (SSSR count). The molecule has 0 unspecified atom stereocenters. The Morgan fingerprint density at radius 3 is 2.50 bits per heavy atom. The van der Waals surface area contributed by atoms with Crippen LogP contribution in [-0.4, -0.2) is 36.7 Å². The first kappa shape index (κ1) is 9.70. The van der Waals surface area contributed by atoms with E-state index in [1.54, 1.807) is 6.08 Å². The standard InChI is InChI=1S/C11H16N2O/c1-10(2,4-3-5-12)13-6-11(7-13)8-14-9-11/h3-4H,6-9H2,1-2H3. The number of hydrogen-bond acceptors (Lipinski definition) is 3. The van der Waals surface area contributed by atoms with Crippen LogP contribution < -0.4 is 0 Å². The van der Waals surface area contributed by atoms with Crippen LogP contribution in [0.2, 0.25) is 0 Å². The average molecular weight is 192 g/mol. The summed E-state index contributed by atoms with van der Waals surface area (Å²) in [5.74, 6) is 0. The van der Waals surface area contributed by atoms with Gasteiger partial charge in [0.15, 0.2) is 0 Å². The van der Waals surface area contributed by atoms with Crippen molar-refractivity contribution in [2.45, 2.75) is 19.4 Å². The summed E-state index contributed by atoms with van der Waals surface area (Å²) in [5, 5.41) is 8.49. The van der Waals surface area contributed by atoms with E-state index in [-0.39, 0.29) is 5.54 Å². The Kier molecular flexibility index (Phi) is 2.13. The number of nitriles is 1. The van der Waals surface area contributed by atoms with Gasteiger partial charge in [-0.05, 0) is 13.8 Å². The van der Waals surface area contributed by atoms with Gasteiger partial charge in [0.25, 0.3) is 0 Å². The van der Waals surface area contributed by atoms with Crippen LogP contribution >= 0.6 is 0 Å². The molecule has 0 saturated carbocycles. The van der Waals surface area contributed by atoms with E-state index in [9.17, 15) is 0 Å². The Labute approximate surface area is 85.0 Å². The molecule has 3 nitrogen and oxygen atoms in total. The van der Waals surface area contributed by atoms with Gasteiger partial charge in [-0.2, -0.15) is 5.26 Å². The number of likely N-dealkylation sites (tertiary alicyclic amines) is 1. The van der Waals surface area contributed by atoms with Crippen molar-refractivity contribution in [1.29, 1.82) is 5.26 Å². The number of hydrogen-bond donors (Lipinski definition) is 0. The molecule has 2 aliphatic rings. The molecular formula is C11H16N2O. The van der Waals surface area contributed by atoms with E-state index in [0.717, 1.165) is 26.3 Å². The maximum absolute atomic E-state index is 8.49. The molecule has 76 valence electrons. The monoisotopic (exact) mass is 192 g/mol. The number of allylic oxidation sites excluding steroid dienone is 1. The third-order valence-corrected chi connectivity index (χ3v) is 3.25. The summed E-state index contributed by atoms with van der Waals surface area (Å²) < 4.78 is 5.23. The first-order valence-electron chi connectivity index (χ1n) is 4.98. The van der Waals surface area contributed by atoms with Crippen LogP contribution in [0.4, 0.5) is 0 Å². The van der Waals surface area contributed by atoms with E-state index in [1.807, 2.05) is 12.1 Å². The molecule has 0 bridgehead atoms. The molecule has 2 aliphatic heterocycles. The van der Waals surface area contributed by atoms with Crippen molar-refractivity contribution in [3.8, 4) is 6.07 Å². The highest BCUT2D eigenvalue weighted by atomic mass is 16.5. The molecule has 0 N–H and O–H groups in total. The van der Waals surface area contributed by atoms with Gasteiger partial charge in [-0.15, -0.1) is 0 Å². The van der Waals surface area contributed by atoms with Gasteiger partial charge in [0.05, 0.1) is 19.3 Å². The highest BCUT2D eigenvalue weighted by Crippen LogP contribution is 2.41. The van der Waals surface area contributed by atoms with Crippen molar-refractivity contribution in [2.24, 2.45) is 5.41 Å². The van der Waals surface area contributed by atoms with Crippen LogP contribution in [0.15, 0.2) is 12.2 Å². The minimum atomic E-state index is 0.0105. The van der Waals surface area contributed by atoms with E-state index in [0.29, 0.717) is 5.41 Å². The summed E-state index contributed by atoms with van der Waals surface area (Å²) in [7, 11) is 0. The van der Waals surface area contributed by atoms with Crippen molar-refractivity contribution < 1.29 is 4.74 Å². The van der Waals surface area contributed by atoms with E-state index in [2.05, 4.69) is 18.7 Å². The van der Waals surface area contributed by atoms with Crippen LogP contribution in [0.25, 0.3) is 0 Å². The maximum Gasteiger partial charge on any atom is 0.0909 e. The smallest absolute Gasteiger partial charge is 0.0909 e. The van der Waals surface area contributed by atoms with Crippen LogP contribution in [0.1, 0.15) is 13.8 Å². The second-order valence-corrected chi connectivity index (χ2v) is 4.96. The highest BCUT2D eigenvalue weighted by Gasteiger charge is 2.52. The summed E-state index contributed by atoms with van der Waals surface area (Å²) in [4.78, 5) is 2.39. The molecule has 0 radical (unpaired) electrons. The molecule has 2 heterocycles. The zero-order chi connectivity index (χ0) is 10.2. The molecule has 0 atom stereocenters. The first-order valence-corrected chi connectivity index (χ1v) is 4.98. The molecule has 2 saturated heterocycles. The molecule has 1 spiro atoms. The van der Waals surface area contributed by atoms with Crippen molar-refractivity contribution in [3.05, 3.63) is 12.2 Å². The lowest BCUT2D eigenvalue weighted by atomic mass is 9.75. The maximum atomic E-state index is 8.49. The largest absolute Gasteiger partial charge is 0.380 e. The lowest BCUT2D eigenvalue weighted by Crippen LogP contribution is -2.70. The summed E-state index contributed by atoms with van der Waals surface area (Å²) in [6.07, 6.45) is 3.54. The van der Waals surface area contributed by atoms with E-state index < -0.39 is 0 Å². The number of nitrogens with zero attached hydrogens (tertiary/aromatic N) is 2. The fourth-order valence-corrected chi connectivity index (χ4v) is 2.09. The molecule has 0 aromatic rings. The molecular weight excluding hydrogens is 176 g/mol. The van der Waals surface area contributed by atoms with Gasteiger partial charge in [0, 0.05) is 30.1 Å². The molecule has 0 aliphatic carbocycles. The average Bonchev–Trinajstić information content (AvgIpc) is 1.95. The second kappa shape index (κ2) is 3.08. The Morgan fingerprint density at radius 2 is 2.07 bits per heavy atom. The minimum Gasteiger partial charge on any atom is -0.380 e. The normalized spacial score (nSPS) is 25.8. The fourth-order valence-electron chi connectivity index (χ4n) is 2.09. The lowest BCUT2D eigenvalue weighted by molar-refractivity contribution is -0.203. The lowest BCUT2D eigenvalue weighted by Gasteiger charge is -2.59. The molecule has 2 fully saturated rings. The number of rotatable bonds is 2. The van der Waals surface area contributed by atoms with Crippen molar-refractivity contribution in [2.75, 3.05) is 26.3 Å². The first-order chi connectivity index (χ1) is 6.58. The molecule has 0 aromatic heterocycles. The zero-order valence-electron chi connectivity index (χ0n) is 8.79. The van der Waals surface area contributed by atoms with Crippen LogP contribution in [0.5, 0.6) is 0 Å². The van der Waals surface area contributed by atoms with E-state index in [4.69, 9.17) is 10.00 Å². The third kappa shape index (κ3) is 1.45. The summed E-state index contributed by atoms with van der Waals surface area (Å²) >= 11 is 0. The Morgan fingerprint density at radius 1 is 1.43 bits per heavy atom. The predicted molar refractivity (Wildman–Crippen MR) is 53.7 cm³/mol. The van der Waals surface area contributed by atoms with Crippen molar-refractivity contribution in [1.82, 2.24) is 4.90 Å². The molecule has 3 heteroatoms. The van der Waals surface area contributed by atoms with E-state index in [1.165, 1.54) is 0 Å². The molecule has 0 amide bonds. The minimum absolute atomic E-state index is 0.0105. The molecule has 14 heavy (non-hydrogen) atoms. The Balaban J connectivity index is 1.91. The Hall–Kier alpha value is -0.850. The van der Waals surface area contributed by atoms with Gasteiger partial charge in [0.1, 0.15) is 0 Å². The fraction of sp³-hybridized carbons (Fsp3) is 0.727. The summed E-state index contributed by atoms with van der Waals surface area (Å²) in [5.41, 5.74) is 0.467. The quantitative estimate of drug-likeness (QED) is 0.616. The molecule has 0 aromatic carbocycles. The number of ether oxygens (including phenoxy) is 1. The van der Waals surface area contributed by atoms with Gasteiger partial charge >= 0.3 is 0 Å². The summed E-state index contributed by atoms with van der Waals surface area (Å²) in [6.45, 7) is 8.34. The van der Waals surface area contributed by atoms with Gasteiger partial charge in [0.2, 0.25) is 0 Å². The van der Waals surface area contributed by atoms with Crippen molar-refractivity contribution >= 4 is 0 Å². The van der Waals surface area contributed by atoms with Gasteiger partial charge in [-0.25, -0.2) is 0 Å². The second-order valence-electron chi connectivity index (χ2n) is 4.96. The Bertz CT molecular complexity index is 289. The van der Waals surface area contributed by atoms with Gasteiger partial charge in [-0.3, -0.25) is 4.90 Å². The van der Waals surface area contributed by atoms with E-state index >= 15 is 0 Å². The topological polar surface area (TPSA) is 36.3 Å². The van der Waals surface area contributed by atoms with Crippen LogP contribution in [-0.2, 0) is 4.74 Å². The van der Waals surface area contributed by atoms with Crippen molar-refractivity contribution in [3.63, 3.8) is 0 Å². The summed E-state index contributed by atoms with van der Waals surface area (Å²) in [6, 6.07) is 2.04. The highest BCUT2D eigenvalue weighted by molar-refractivity contribution is 5.15. The predicted octanol–water partition coefficient (Wildman–Crippen LogP) is 1.18. The SMILES string of the molecule is CC(C)(C=CC#N)N1CC2(COC2)C1. The zero-order valence-corrected chi connectivity index (χ0v) is 8.79. The van der Waals surface area contributed by atoms with Crippen LogP contribution in [0.3, 0.4) is 0 Å².